The van der Waals surface area contributed by atoms with Crippen LogP contribution in [0.25, 0.3) is 11.3 Å². The van der Waals surface area contributed by atoms with Crippen molar-refractivity contribution in [3.05, 3.63) is 29.6 Å². The average molecular weight is 320 g/mol. The quantitative estimate of drug-likeness (QED) is 0.825. The molecular formula is C16H20N2O3S. The molecule has 0 aliphatic rings. The normalized spacial score (nSPS) is 12.2. The van der Waals surface area contributed by atoms with Crippen LogP contribution in [0.5, 0.6) is 5.75 Å². The van der Waals surface area contributed by atoms with Gasteiger partial charge in [0.1, 0.15) is 5.75 Å². The van der Waals surface area contributed by atoms with E-state index in [0.717, 1.165) is 11.3 Å². The summed E-state index contributed by atoms with van der Waals surface area (Å²) in [6.45, 7) is 5.52. The minimum atomic E-state index is -0.613. The van der Waals surface area contributed by atoms with Crippen LogP contribution >= 0.6 is 11.3 Å². The molecule has 118 valence electrons. The number of hydrogen-bond donors (Lipinski definition) is 1. The highest BCUT2D eigenvalue weighted by atomic mass is 32.1. The fraction of sp³-hybridized carbons (Fsp3) is 0.375. The molecule has 0 saturated carbocycles. The van der Waals surface area contributed by atoms with Gasteiger partial charge in [-0.1, -0.05) is 19.1 Å². The lowest BCUT2D eigenvalue weighted by Crippen LogP contribution is -2.30. The number of thiazole rings is 1. The molecule has 0 spiro atoms. The van der Waals surface area contributed by atoms with Gasteiger partial charge in [-0.05, 0) is 32.4 Å². The third-order valence-corrected chi connectivity index (χ3v) is 3.59. The molecule has 22 heavy (non-hydrogen) atoms. The van der Waals surface area contributed by atoms with Gasteiger partial charge in [-0.25, -0.2) is 9.78 Å². The highest BCUT2D eigenvalue weighted by Crippen LogP contribution is 2.27. The second-order valence-corrected chi connectivity index (χ2v) is 5.99. The molecule has 2 aromatic rings. The summed E-state index contributed by atoms with van der Waals surface area (Å²) in [4.78, 5) is 16.2. The Morgan fingerprint density at radius 3 is 2.77 bits per heavy atom. The van der Waals surface area contributed by atoms with Crippen LogP contribution in [0.4, 0.5) is 5.13 Å². The second-order valence-electron chi connectivity index (χ2n) is 5.10. The number of nitrogen functional groups attached to an aromatic ring is 1. The Bertz CT molecular complexity index is 640. The van der Waals surface area contributed by atoms with Crippen LogP contribution in [-0.4, -0.2) is 23.2 Å². The van der Waals surface area contributed by atoms with Gasteiger partial charge in [-0.3, -0.25) is 0 Å². The summed E-state index contributed by atoms with van der Waals surface area (Å²) >= 11 is 1.39. The third-order valence-electron chi connectivity index (χ3n) is 2.92. The Morgan fingerprint density at radius 2 is 2.18 bits per heavy atom. The number of esters is 1. The molecule has 0 aliphatic heterocycles. The van der Waals surface area contributed by atoms with Gasteiger partial charge in [-0.15, -0.1) is 11.3 Å². The van der Waals surface area contributed by atoms with Gasteiger partial charge >= 0.3 is 5.97 Å². The number of hydrogen-bond acceptors (Lipinski definition) is 6. The Labute approximate surface area is 134 Å². The topological polar surface area (TPSA) is 74.4 Å². The van der Waals surface area contributed by atoms with E-state index in [-0.39, 0.29) is 12.1 Å². The molecule has 2 N–H and O–H groups in total. The van der Waals surface area contributed by atoms with Gasteiger partial charge in [0.25, 0.3) is 0 Å². The number of rotatable bonds is 6. The number of nitrogens with zero attached hydrogens (tertiary/aromatic N) is 1. The zero-order valence-corrected chi connectivity index (χ0v) is 13.7. The molecule has 5 nitrogen and oxygen atoms in total. The molecule has 0 bridgehead atoms. The molecule has 1 unspecified atom stereocenters. The lowest BCUT2D eigenvalue weighted by molar-refractivity contribution is -0.155. The lowest BCUT2D eigenvalue weighted by Gasteiger charge is -2.18. The highest BCUT2D eigenvalue weighted by Gasteiger charge is 2.21. The number of carbonyl (C=O) groups is 1. The van der Waals surface area contributed by atoms with Gasteiger partial charge in [0.05, 0.1) is 11.8 Å². The summed E-state index contributed by atoms with van der Waals surface area (Å²) < 4.78 is 11.0. The summed E-state index contributed by atoms with van der Waals surface area (Å²) in [5.41, 5.74) is 7.35. The first-order chi connectivity index (χ1) is 10.5. The highest BCUT2D eigenvalue weighted by molar-refractivity contribution is 7.13. The fourth-order valence-electron chi connectivity index (χ4n) is 1.92. The first kappa shape index (κ1) is 16.3. The van der Waals surface area contributed by atoms with Crippen LogP contribution in [0.1, 0.15) is 27.2 Å². The van der Waals surface area contributed by atoms with Gasteiger partial charge in [0.15, 0.2) is 11.2 Å². The minimum absolute atomic E-state index is 0.158. The van der Waals surface area contributed by atoms with Crippen LogP contribution in [0.15, 0.2) is 29.6 Å². The predicted molar refractivity (Wildman–Crippen MR) is 87.9 cm³/mol. The summed E-state index contributed by atoms with van der Waals surface area (Å²) in [5.74, 6) is 0.262. The van der Waals surface area contributed by atoms with E-state index in [9.17, 15) is 4.79 Å². The zero-order valence-electron chi connectivity index (χ0n) is 12.9. The van der Waals surface area contributed by atoms with E-state index in [4.69, 9.17) is 15.2 Å². The van der Waals surface area contributed by atoms with Crippen molar-refractivity contribution in [2.45, 2.75) is 39.4 Å². The molecule has 0 amide bonds. The fourth-order valence-corrected chi connectivity index (χ4v) is 2.49. The van der Waals surface area contributed by atoms with Gasteiger partial charge in [0.2, 0.25) is 0 Å². The largest absolute Gasteiger partial charge is 0.479 e. The maximum absolute atomic E-state index is 12.0. The van der Waals surface area contributed by atoms with Crippen molar-refractivity contribution < 1.29 is 14.3 Å². The van der Waals surface area contributed by atoms with Crippen molar-refractivity contribution in [1.29, 1.82) is 0 Å². The number of benzene rings is 1. The molecule has 1 aromatic carbocycles. The van der Waals surface area contributed by atoms with Crippen molar-refractivity contribution >= 4 is 22.4 Å². The van der Waals surface area contributed by atoms with E-state index in [2.05, 4.69) is 4.98 Å². The smallest absolute Gasteiger partial charge is 0.347 e. The van der Waals surface area contributed by atoms with Crippen molar-refractivity contribution in [3.8, 4) is 17.0 Å². The van der Waals surface area contributed by atoms with E-state index < -0.39 is 6.10 Å². The molecule has 6 heteroatoms. The van der Waals surface area contributed by atoms with Gasteiger partial charge < -0.3 is 15.2 Å². The van der Waals surface area contributed by atoms with Crippen molar-refractivity contribution in [2.75, 3.05) is 5.73 Å². The summed E-state index contributed by atoms with van der Waals surface area (Å²) in [6.07, 6.45) is -0.230. The third kappa shape index (κ3) is 4.21. The molecule has 0 saturated heterocycles. The van der Waals surface area contributed by atoms with Crippen molar-refractivity contribution in [3.63, 3.8) is 0 Å². The van der Waals surface area contributed by atoms with Crippen LogP contribution < -0.4 is 10.5 Å². The standard InChI is InChI=1S/C16H20N2O3S/c1-4-14(15(19)20-10(2)3)21-12-7-5-6-11(8-12)13-9-22-16(17)18-13/h5-10,14H,4H2,1-3H3,(H2,17,18). The zero-order chi connectivity index (χ0) is 16.1. The summed E-state index contributed by atoms with van der Waals surface area (Å²) in [7, 11) is 0. The molecule has 2 rings (SSSR count). The van der Waals surface area contributed by atoms with E-state index in [1.807, 2.05) is 50.4 Å². The Balaban J connectivity index is 2.13. The SMILES string of the molecule is CCC(Oc1cccc(-c2csc(N)n2)c1)C(=O)OC(C)C. The molecule has 0 radical (unpaired) electrons. The van der Waals surface area contributed by atoms with Crippen molar-refractivity contribution in [1.82, 2.24) is 4.98 Å². The monoisotopic (exact) mass is 320 g/mol. The number of nitrogens with two attached hydrogens (primary N) is 1. The number of aromatic nitrogens is 1. The molecule has 0 aliphatic carbocycles. The predicted octanol–water partition coefficient (Wildman–Crippen LogP) is 3.50. The first-order valence-electron chi connectivity index (χ1n) is 7.18. The Morgan fingerprint density at radius 1 is 1.41 bits per heavy atom. The molecule has 1 heterocycles. The number of carbonyl (C=O) groups excluding carboxylic acids is 1. The van der Waals surface area contributed by atoms with Gasteiger partial charge in [-0.2, -0.15) is 0 Å². The number of ether oxygens (including phenoxy) is 2. The molecule has 1 aromatic heterocycles. The Hall–Kier alpha value is -2.08. The molecule has 1 atom stereocenters. The second kappa shape index (κ2) is 7.26. The maximum Gasteiger partial charge on any atom is 0.347 e. The average Bonchev–Trinajstić information content (AvgIpc) is 2.91. The van der Waals surface area contributed by atoms with Crippen molar-refractivity contribution in [2.24, 2.45) is 0 Å². The maximum atomic E-state index is 12.0. The minimum Gasteiger partial charge on any atom is -0.479 e. The van der Waals surface area contributed by atoms with E-state index >= 15 is 0 Å². The van der Waals surface area contributed by atoms with Gasteiger partial charge in [0, 0.05) is 10.9 Å². The van der Waals surface area contributed by atoms with Crippen LogP contribution in [0.3, 0.4) is 0 Å². The Kier molecular flexibility index (Phi) is 5.38. The number of anilines is 1. The van der Waals surface area contributed by atoms with Crippen LogP contribution in [0.2, 0.25) is 0 Å². The van der Waals surface area contributed by atoms with Crippen LogP contribution in [-0.2, 0) is 9.53 Å². The first-order valence-corrected chi connectivity index (χ1v) is 8.06. The van der Waals surface area contributed by atoms with E-state index in [0.29, 0.717) is 17.3 Å². The summed E-state index contributed by atoms with van der Waals surface area (Å²) in [5, 5.41) is 2.41. The van der Waals surface area contributed by atoms with E-state index in [1.165, 1.54) is 11.3 Å². The molecular weight excluding hydrogens is 300 g/mol. The summed E-state index contributed by atoms with van der Waals surface area (Å²) in [6, 6.07) is 7.44. The van der Waals surface area contributed by atoms with E-state index in [1.54, 1.807) is 0 Å². The molecule has 0 fully saturated rings. The van der Waals surface area contributed by atoms with Crippen LogP contribution in [0, 0.1) is 0 Å². The lowest BCUT2D eigenvalue weighted by atomic mass is 10.1.